The van der Waals surface area contributed by atoms with Crippen molar-refractivity contribution < 1.29 is 24.5 Å². The second-order valence-corrected chi connectivity index (χ2v) is 2.26. The predicted molar refractivity (Wildman–Crippen MR) is 53.8 cm³/mol. The van der Waals surface area contributed by atoms with E-state index in [1.54, 1.807) is 0 Å². The molecule has 1 amide bonds. The van der Waals surface area contributed by atoms with E-state index in [2.05, 4.69) is 23.6 Å². The number of hydrogen-bond donors (Lipinski definition) is 3. The van der Waals surface area contributed by atoms with Gasteiger partial charge in [0.05, 0.1) is 6.61 Å². The van der Waals surface area contributed by atoms with E-state index in [0.29, 0.717) is 6.42 Å². The Balaban J connectivity index is 0. The molecule has 0 radical (unpaired) electrons. The molecule has 0 fully saturated rings. The average molecular weight is 217 g/mol. The third-order valence-corrected chi connectivity index (χ3v) is 0.998. The van der Waals surface area contributed by atoms with E-state index in [9.17, 15) is 9.59 Å². The molecule has 0 unspecified atom stereocenters. The molecule has 0 rings (SSSR count). The number of aliphatic hydroxyl groups excluding tert-OH is 2. The Morgan fingerprint density at radius 3 is 2.20 bits per heavy atom. The quantitative estimate of drug-likeness (QED) is 0.252. The molecule has 0 spiro atoms. The van der Waals surface area contributed by atoms with Crippen molar-refractivity contribution in [3.63, 3.8) is 0 Å². The normalized spacial score (nSPS) is 8.07. The minimum Gasteiger partial charge on any atom is -0.503 e. The smallest absolute Gasteiger partial charge is 0.330 e. The second-order valence-electron chi connectivity index (χ2n) is 2.26. The Kier molecular flexibility index (Phi) is 10.7. The lowest BCUT2D eigenvalue weighted by Gasteiger charge is -1.96. The molecule has 0 aliphatic heterocycles. The molecule has 0 aliphatic carbocycles. The van der Waals surface area contributed by atoms with Crippen molar-refractivity contribution in [2.75, 3.05) is 13.2 Å². The molecule has 6 nitrogen and oxygen atoms in total. The molecule has 15 heavy (non-hydrogen) atoms. The molecule has 0 bridgehead atoms. The van der Waals surface area contributed by atoms with Crippen molar-refractivity contribution in [3.05, 3.63) is 25.0 Å². The molecule has 0 aromatic rings. The first-order valence-electron chi connectivity index (χ1n) is 4.03. The van der Waals surface area contributed by atoms with Crippen LogP contribution in [0.3, 0.4) is 0 Å². The summed E-state index contributed by atoms with van der Waals surface area (Å²) < 4.78 is 4.51. The first-order chi connectivity index (χ1) is 6.95. The van der Waals surface area contributed by atoms with Gasteiger partial charge in [-0.15, -0.1) is 0 Å². The second kappa shape index (κ2) is 10.3. The van der Waals surface area contributed by atoms with Gasteiger partial charge in [-0.3, -0.25) is 4.79 Å². The van der Waals surface area contributed by atoms with Gasteiger partial charge in [-0.05, 0) is 0 Å². The molecule has 0 heterocycles. The van der Waals surface area contributed by atoms with Crippen LogP contribution < -0.4 is 5.73 Å². The number of hydrogen-bond acceptors (Lipinski definition) is 5. The fourth-order valence-corrected chi connectivity index (χ4v) is 0.296. The highest BCUT2D eigenvalue weighted by molar-refractivity contribution is 5.88. The van der Waals surface area contributed by atoms with Gasteiger partial charge in [0.15, 0.2) is 5.76 Å². The summed E-state index contributed by atoms with van der Waals surface area (Å²) in [6.45, 7) is 6.35. The molecular formula is C9H15NO5. The van der Waals surface area contributed by atoms with Crippen molar-refractivity contribution in [3.8, 4) is 0 Å². The number of primary amides is 1. The standard InChI is InChI=1S/C6H10O3.C3H5NO2/c1-2-6(8)9-5-3-4-7;1-2(5)3(4)6/h2,7H,1,3-5H2;5H,1H2,(H2,4,6). The largest absolute Gasteiger partial charge is 0.503 e. The summed E-state index contributed by atoms with van der Waals surface area (Å²) in [6.07, 6.45) is 1.58. The van der Waals surface area contributed by atoms with Gasteiger partial charge in [-0.1, -0.05) is 13.2 Å². The van der Waals surface area contributed by atoms with Crippen molar-refractivity contribution in [1.29, 1.82) is 0 Å². The Morgan fingerprint density at radius 2 is 1.93 bits per heavy atom. The lowest BCUT2D eigenvalue weighted by atomic mass is 10.5. The van der Waals surface area contributed by atoms with Gasteiger partial charge in [0.1, 0.15) is 0 Å². The topological polar surface area (TPSA) is 110 Å². The zero-order valence-corrected chi connectivity index (χ0v) is 8.31. The molecule has 4 N–H and O–H groups in total. The SMILES string of the molecule is C=C(O)C(N)=O.C=CC(=O)OCCCO. The number of esters is 1. The van der Waals surface area contributed by atoms with Crippen molar-refractivity contribution in [1.82, 2.24) is 0 Å². The van der Waals surface area contributed by atoms with Crippen LogP contribution in [0.5, 0.6) is 0 Å². The molecule has 0 saturated carbocycles. The van der Waals surface area contributed by atoms with Crippen LogP contribution in [-0.2, 0) is 14.3 Å². The minimum atomic E-state index is -0.880. The third kappa shape index (κ3) is 15.0. The van der Waals surface area contributed by atoms with Crippen LogP contribution in [0.25, 0.3) is 0 Å². The number of nitrogens with two attached hydrogens (primary N) is 1. The summed E-state index contributed by atoms with van der Waals surface area (Å²) >= 11 is 0. The lowest BCUT2D eigenvalue weighted by molar-refractivity contribution is -0.138. The Bertz CT molecular complexity index is 225. The highest BCUT2D eigenvalue weighted by Crippen LogP contribution is 1.82. The van der Waals surface area contributed by atoms with Gasteiger partial charge < -0.3 is 20.7 Å². The van der Waals surface area contributed by atoms with Gasteiger partial charge in [-0.2, -0.15) is 0 Å². The van der Waals surface area contributed by atoms with Gasteiger partial charge >= 0.3 is 5.97 Å². The van der Waals surface area contributed by atoms with Crippen LogP contribution in [0.4, 0.5) is 0 Å². The fourth-order valence-electron chi connectivity index (χ4n) is 0.296. The van der Waals surface area contributed by atoms with E-state index in [0.717, 1.165) is 6.08 Å². The van der Waals surface area contributed by atoms with Crippen LogP contribution in [0, 0.1) is 0 Å². The molecule has 86 valence electrons. The predicted octanol–water partition coefficient (Wildman–Crippen LogP) is -0.359. The molecule has 0 aromatic heterocycles. The monoisotopic (exact) mass is 217 g/mol. The number of aliphatic hydroxyl groups is 2. The average Bonchev–Trinajstić information content (AvgIpc) is 2.18. The summed E-state index contributed by atoms with van der Waals surface area (Å²) in [5, 5.41) is 16.2. The van der Waals surface area contributed by atoms with Gasteiger partial charge in [0, 0.05) is 19.1 Å². The van der Waals surface area contributed by atoms with E-state index in [-0.39, 0.29) is 13.2 Å². The van der Waals surface area contributed by atoms with Crippen LogP contribution in [0.1, 0.15) is 6.42 Å². The van der Waals surface area contributed by atoms with E-state index in [1.807, 2.05) is 0 Å². The van der Waals surface area contributed by atoms with E-state index < -0.39 is 17.6 Å². The first kappa shape index (κ1) is 15.6. The van der Waals surface area contributed by atoms with Gasteiger partial charge in [0.25, 0.3) is 5.91 Å². The fraction of sp³-hybridized carbons (Fsp3) is 0.333. The summed E-state index contributed by atoms with van der Waals surface area (Å²) in [6, 6.07) is 0. The van der Waals surface area contributed by atoms with Crippen LogP contribution >= 0.6 is 0 Å². The molecule has 0 aromatic carbocycles. The Hall–Kier alpha value is -1.82. The van der Waals surface area contributed by atoms with Gasteiger partial charge in [0.2, 0.25) is 0 Å². The number of carbonyl (C=O) groups is 2. The molecule has 0 saturated heterocycles. The number of amides is 1. The number of rotatable bonds is 5. The van der Waals surface area contributed by atoms with E-state index in [1.165, 1.54) is 0 Å². The number of carbonyl (C=O) groups excluding carboxylic acids is 2. The highest BCUT2D eigenvalue weighted by Gasteiger charge is 1.92. The molecular weight excluding hydrogens is 202 g/mol. The summed E-state index contributed by atoms with van der Waals surface area (Å²) in [7, 11) is 0. The highest BCUT2D eigenvalue weighted by atomic mass is 16.5. The zero-order chi connectivity index (χ0) is 12.3. The first-order valence-corrected chi connectivity index (χ1v) is 4.03. The van der Waals surface area contributed by atoms with E-state index >= 15 is 0 Å². The van der Waals surface area contributed by atoms with E-state index in [4.69, 9.17) is 10.2 Å². The zero-order valence-electron chi connectivity index (χ0n) is 8.31. The maximum Gasteiger partial charge on any atom is 0.330 e. The summed E-state index contributed by atoms with van der Waals surface area (Å²) in [5.41, 5.74) is 4.45. The minimum absolute atomic E-state index is 0.0461. The maximum absolute atomic E-state index is 10.3. The Labute approximate surface area is 87.7 Å². The summed E-state index contributed by atoms with van der Waals surface area (Å²) in [4.78, 5) is 19.8. The van der Waals surface area contributed by atoms with Crippen LogP contribution in [-0.4, -0.2) is 35.3 Å². The van der Waals surface area contributed by atoms with Crippen molar-refractivity contribution >= 4 is 11.9 Å². The molecule has 0 atom stereocenters. The van der Waals surface area contributed by atoms with Crippen LogP contribution in [0.2, 0.25) is 0 Å². The van der Waals surface area contributed by atoms with Gasteiger partial charge in [-0.25, -0.2) is 4.79 Å². The molecule has 6 heteroatoms. The lowest BCUT2D eigenvalue weighted by Crippen LogP contribution is -2.11. The maximum atomic E-state index is 10.3. The molecule has 0 aliphatic rings. The van der Waals surface area contributed by atoms with Crippen molar-refractivity contribution in [2.45, 2.75) is 6.42 Å². The number of ether oxygens (including phenoxy) is 1. The Morgan fingerprint density at radius 1 is 1.47 bits per heavy atom. The van der Waals surface area contributed by atoms with Crippen molar-refractivity contribution in [2.24, 2.45) is 5.73 Å². The summed E-state index contributed by atoms with van der Waals surface area (Å²) in [5.74, 6) is -1.92. The third-order valence-electron chi connectivity index (χ3n) is 0.998. The van der Waals surface area contributed by atoms with Crippen LogP contribution in [0.15, 0.2) is 25.0 Å².